The largest absolute Gasteiger partial charge is 0.424 e. The van der Waals surface area contributed by atoms with Crippen LogP contribution in [0.4, 0.5) is 0 Å². The normalized spacial score (nSPS) is 14.6. The number of benzene rings is 1. The lowest BCUT2D eigenvalue weighted by Gasteiger charge is -2.21. The standard InChI is InChI=1S/C14H24NO3PS/c1-11(2)13-7-6-12(3)10-14(13)18-19(16,20)17-9-8-15(4)5/h6-7,10-11H,8-9H2,1-5H3,(H,16,20). The van der Waals surface area contributed by atoms with E-state index in [4.69, 9.17) is 20.9 Å². The van der Waals surface area contributed by atoms with Gasteiger partial charge in [0, 0.05) is 18.4 Å². The Bertz CT molecular complexity index is 491. The van der Waals surface area contributed by atoms with Crippen molar-refractivity contribution in [2.45, 2.75) is 26.7 Å². The Kier molecular flexibility index (Phi) is 6.62. The highest BCUT2D eigenvalue weighted by atomic mass is 32.5. The molecular weight excluding hydrogens is 293 g/mol. The fraction of sp³-hybridized carbons (Fsp3) is 0.571. The summed E-state index contributed by atoms with van der Waals surface area (Å²) < 4.78 is 10.9. The first-order valence-electron chi connectivity index (χ1n) is 6.63. The molecule has 20 heavy (non-hydrogen) atoms. The van der Waals surface area contributed by atoms with E-state index in [1.807, 2.05) is 44.1 Å². The first kappa shape index (κ1) is 17.6. The van der Waals surface area contributed by atoms with E-state index >= 15 is 0 Å². The van der Waals surface area contributed by atoms with E-state index in [-0.39, 0.29) is 0 Å². The lowest BCUT2D eigenvalue weighted by molar-refractivity contribution is 0.226. The van der Waals surface area contributed by atoms with Crippen LogP contribution in [0.3, 0.4) is 0 Å². The molecule has 1 aromatic carbocycles. The zero-order valence-electron chi connectivity index (χ0n) is 12.8. The minimum Gasteiger partial charge on any atom is -0.424 e. The van der Waals surface area contributed by atoms with Crippen LogP contribution in [-0.4, -0.2) is 37.0 Å². The predicted molar refractivity (Wildman–Crippen MR) is 86.9 cm³/mol. The van der Waals surface area contributed by atoms with Gasteiger partial charge in [-0.05, 0) is 44.1 Å². The van der Waals surface area contributed by atoms with Gasteiger partial charge in [0.1, 0.15) is 5.75 Å². The summed E-state index contributed by atoms with van der Waals surface area (Å²) >= 11 is 5.07. The van der Waals surface area contributed by atoms with Crippen LogP contribution in [0.15, 0.2) is 18.2 Å². The highest BCUT2D eigenvalue weighted by Crippen LogP contribution is 2.46. The Morgan fingerprint density at radius 3 is 2.55 bits per heavy atom. The highest BCUT2D eigenvalue weighted by Gasteiger charge is 2.20. The quantitative estimate of drug-likeness (QED) is 0.782. The second kappa shape index (κ2) is 7.53. The molecule has 0 aliphatic carbocycles. The second-order valence-corrected chi connectivity index (χ2v) is 8.15. The van der Waals surface area contributed by atoms with Crippen LogP contribution in [0.5, 0.6) is 5.75 Å². The fourth-order valence-corrected chi connectivity index (χ4v) is 2.92. The van der Waals surface area contributed by atoms with Crippen molar-refractivity contribution >= 4 is 18.5 Å². The molecule has 6 heteroatoms. The third-order valence-corrected chi connectivity index (χ3v) is 4.27. The summed E-state index contributed by atoms with van der Waals surface area (Å²) in [6, 6.07) is 5.92. The van der Waals surface area contributed by atoms with E-state index in [9.17, 15) is 4.89 Å². The molecule has 1 unspecified atom stereocenters. The van der Waals surface area contributed by atoms with Gasteiger partial charge in [0.05, 0.1) is 6.61 Å². The van der Waals surface area contributed by atoms with Crippen LogP contribution in [0.2, 0.25) is 0 Å². The van der Waals surface area contributed by atoms with E-state index < -0.39 is 6.72 Å². The summed E-state index contributed by atoms with van der Waals surface area (Å²) in [6.07, 6.45) is 0. The number of likely N-dealkylation sites (N-methyl/N-ethyl adjacent to an activating group) is 1. The van der Waals surface area contributed by atoms with Gasteiger partial charge in [-0.15, -0.1) is 0 Å². The molecule has 0 aliphatic heterocycles. The zero-order chi connectivity index (χ0) is 15.3. The molecule has 0 bridgehead atoms. The van der Waals surface area contributed by atoms with Crippen molar-refractivity contribution in [3.05, 3.63) is 29.3 Å². The van der Waals surface area contributed by atoms with E-state index in [2.05, 4.69) is 13.8 Å². The van der Waals surface area contributed by atoms with Gasteiger partial charge in [-0.1, -0.05) is 26.0 Å². The Hall–Kier alpha value is -0.450. The number of rotatable bonds is 7. The van der Waals surface area contributed by atoms with Crippen molar-refractivity contribution in [1.82, 2.24) is 4.90 Å². The molecule has 0 saturated carbocycles. The SMILES string of the molecule is Cc1ccc(C(C)C)c(OP(O)(=S)OCCN(C)C)c1. The van der Waals surface area contributed by atoms with Crippen molar-refractivity contribution in [3.63, 3.8) is 0 Å². The number of hydrogen-bond acceptors (Lipinski definition) is 4. The summed E-state index contributed by atoms with van der Waals surface area (Å²) in [5, 5.41) is 0. The van der Waals surface area contributed by atoms with Crippen molar-refractivity contribution in [2.24, 2.45) is 0 Å². The molecular formula is C14H24NO3PS. The van der Waals surface area contributed by atoms with Crippen LogP contribution in [-0.2, 0) is 16.3 Å². The average molecular weight is 317 g/mol. The van der Waals surface area contributed by atoms with E-state index in [0.29, 0.717) is 24.8 Å². The van der Waals surface area contributed by atoms with Gasteiger partial charge in [-0.2, -0.15) is 0 Å². The van der Waals surface area contributed by atoms with E-state index in [1.54, 1.807) is 0 Å². The third kappa shape index (κ3) is 5.90. The molecule has 0 spiro atoms. The molecule has 4 nitrogen and oxygen atoms in total. The van der Waals surface area contributed by atoms with Gasteiger partial charge in [0.2, 0.25) is 0 Å². The topological polar surface area (TPSA) is 41.9 Å². The van der Waals surface area contributed by atoms with Gasteiger partial charge in [-0.3, -0.25) is 4.52 Å². The molecule has 0 aliphatic rings. The second-order valence-electron chi connectivity index (χ2n) is 5.39. The fourth-order valence-electron chi connectivity index (χ4n) is 1.69. The maximum atomic E-state index is 10.1. The molecule has 1 rings (SSSR count). The smallest absolute Gasteiger partial charge is 0.377 e. The molecule has 114 valence electrons. The molecule has 1 aromatic rings. The molecule has 0 heterocycles. The minimum atomic E-state index is -3.25. The van der Waals surface area contributed by atoms with Crippen molar-refractivity contribution in [1.29, 1.82) is 0 Å². The lowest BCUT2D eigenvalue weighted by atomic mass is 10.0. The Morgan fingerprint density at radius 2 is 2.00 bits per heavy atom. The van der Waals surface area contributed by atoms with Crippen molar-refractivity contribution < 1.29 is 13.9 Å². The summed E-state index contributed by atoms with van der Waals surface area (Å²) in [4.78, 5) is 12.1. The lowest BCUT2D eigenvalue weighted by Crippen LogP contribution is -2.18. The number of nitrogens with zero attached hydrogens (tertiary/aromatic N) is 1. The van der Waals surface area contributed by atoms with Gasteiger partial charge in [0.25, 0.3) is 0 Å². The summed E-state index contributed by atoms with van der Waals surface area (Å²) in [7, 11) is 3.87. The van der Waals surface area contributed by atoms with E-state index in [1.165, 1.54) is 0 Å². The van der Waals surface area contributed by atoms with Gasteiger partial charge in [-0.25, -0.2) is 0 Å². The Labute approximate surface area is 127 Å². The first-order valence-corrected chi connectivity index (χ1v) is 9.22. The number of aryl methyl sites for hydroxylation is 1. The van der Waals surface area contributed by atoms with Crippen LogP contribution < -0.4 is 4.52 Å². The molecule has 0 radical (unpaired) electrons. The molecule has 0 amide bonds. The molecule has 0 aromatic heterocycles. The van der Waals surface area contributed by atoms with Gasteiger partial charge >= 0.3 is 6.72 Å². The van der Waals surface area contributed by atoms with Crippen LogP contribution in [0.25, 0.3) is 0 Å². The molecule has 0 saturated heterocycles. The number of hydrogen-bond donors (Lipinski definition) is 1. The van der Waals surface area contributed by atoms with Crippen molar-refractivity contribution in [3.8, 4) is 5.75 Å². The molecule has 0 fully saturated rings. The molecule has 1 N–H and O–H groups in total. The highest BCUT2D eigenvalue weighted by molar-refractivity contribution is 8.07. The minimum absolute atomic E-state index is 0.294. The average Bonchev–Trinajstić information content (AvgIpc) is 2.26. The zero-order valence-corrected chi connectivity index (χ0v) is 14.5. The van der Waals surface area contributed by atoms with Gasteiger partial charge < -0.3 is 14.3 Å². The van der Waals surface area contributed by atoms with Crippen LogP contribution in [0, 0.1) is 6.92 Å². The summed E-state index contributed by atoms with van der Waals surface area (Å²) in [5.41, 5.74) is 2.09. The first-order chi connectivity index (χ1) is 9.21. The predicted octanol–water partition coefficient (Wildman–Crippen LogP) is 3.29. The maximum absolute atomic E-state index is 10.1. The summed E-state index contributed by atoms with van der Waals surface area (Å²) in [6.45, 7) is 3.91. The Morgan fingerprint density at radius 1 is 1.35 bits per heavy atom. The van der Waals surface area contributed by atoms with Crippen LogP contribution >= 0.6 is 6.72 Å². The third-order valence-electron chi connectivity index (χ3n) is 2.80. The van der Waals surface area contributed by atoms with E-state index in [0.717, 1.165) is 11.1 Å². The monoisotopic (exact) mass is 317 g/mol. The summed E-state index contributed by atoms with van der Waals surface area (Å²) in [5.74, 6) is 0.915. The van der Waals surface area contributed by atoms with Gasteiger partial charge in [0.15, 0.2) is 0 Å². The van der Waals surface area contributed by atoms with Crippen molar-refractivity contribution in [2.75, 3.05) is 27.2 Å². The maximum Gasteiger partial charge on any atom is 0.377 e. The molecule has 1 atom stereocenters. The Balaban J connectivity index is 2.80. The van der Waals surface area contributed by atoms with Crippen LogP contribution in [0.1, 0.15) is 30.9 Å².